The predicted octanol–water partition coefficient (Wildman–Crippen LogP) is 3.31. The van der Waals surface area contributed by atoms with Gasteiger partial charge in [0.15, 0.2) is 0 Å². The molecule has 1 fully saturated rings. The van der Waals surface area contributed by atoms with Gasteiger partial charge in [0.05, 0.1) is 17.8 Å². The maximum atomic E-state index is 12.7. The van der Waals surface area contributed by atoms with Crippen LogP contribution in [0, 0.1) is 5.92 Å². The van der Waals surface area contributed by atoms with Crippen molar-refractivity contribution in [3.63, 3.8) is 0 Å². The van der Waals surface area contributed by atoms with E-state index in [1.807, 2.05) is 44.2 Å². The third kappa shape index (κ3) is 5.35. The maximum absolute atomic E-state index is 12.7. The van der Waals surface area contributed by atoms with E-state index in [9.17, 15) is 14.7 Å². The van der Waals surface area contributed by atoms with Gasteiger partial charge in [0.1, 0.15) is 5.75 Å². The highest BCUT2D eigenvalue weighted by Crippen LogP contribution is 2.25. The number of hydrogen-bond acceptors (Lipinski definition) is 4. The molecule has 154 valence electrons. The molecular weight excluding hydrogens is 366 g/mol. The number of carbonyl (C=O) groups excluding carboxylic acids is 2. The van der Waals surface area contributed by atoms with Crippen LogP contribution in [0.2, 0.25) is 0 Å². The highest BCUT2D eigenvalue weighted by Gasteiger charge is 2.30. The molecule has 1 aliphatic rings. The predicted molar refractivity (Wildman–Crippen MR) is 113 cm³/mol. The van der Waals surface area contributed by atoms with Crippen molar-refractivity contribution in [2.45, 2.75) is 38.8 Å². The third-order valence-electron chi connectivity index (χ3n) is 5.65. The largest absolute Gasteiger partial charge is 0.506 e. The molecule has 2 aromatic rings. The van der Waals surface area contributed by atoms with Gasteiger partial charge in [0.2, 0.25) is 11.8 Å². The number of rotatable bonds is 6. The Morgan fingerprint density at radius 3 is 2.28 bits per heavy atom. The number of likely N-dealkylation sites (tertiary alicyclic amines) is 1. The van der Waals surface area contributed by atoms with E-state index in [2.05, 4.69) is 15.5 Å². The van der Waals surface area contributed by atoms with Crippen molar-refractivity contribution in [1.29, 1.82) is 0 Å². The van der Waals surface area contributed by atoms with Crippen molar-refractivity contribution in [3.8, 4) is 5.75 Å². The summed E-state index contributed by atoms with van der Waals surface area (Å²) in [6.07, 6.45) is 1.37. The summed E-state index contributed by atoms with van der Waals surface area (Å²) in [4.78, 5) is 27.3. The second-order valence-corrected chi connectivity index (χ2v) is 7.63. The summed E-state index contributed by atoms with van der Waals surface area (Å²) in [5.74, 6) is -0.139. The van der Waals surface area contributed by atoms with Gasteiger partial charge in [0, 0.05) is 5.92 Å². The fourth-order valence-electron chi connectivity index (χ4n) is 3.69. The Morgan fingerprint density at radius 1 is 1.00 bits per heavy atom. The lowest BCUT2D eigenvalue weighted by Crippen LogP contribution is -2.49. The molecule has 1 saturated heterocycles. The van der Waals surface area contributed by atoms with Crippen LogP contribution in [0.3, 0.4) is 0 Å². The van der Waals surface area contributed by atoms with Gasteiger partial charge in [-0.1, -0.05) is 42.5 Å². The number of amides is 2. The van der Waals surface area contributed by atoms with E-state index in [0.717, 1.165) is 5.56 Å². The molecular formula is C23H29N3O3. The average molecular weight is 396 g/mol. The lowest BCUT2D eigenvalue weighted by Gasteiger charge is -2.35. The Kier molecular flexibility index (Phi) is 6.88. The number of piperidine rings is 1. The van der Waals surface area contributed by atoms with E-state index >= 15 is 0 Å². The SMILES string of the molecule is C[C@@H](NC(=O)[C@H](C)N1CCC(C(=O)Nc2ccccc2O)CC1)c1ccccc1. The first-order chi connectivity index (χ1) is 14.0. The number of phenols is 1. The zero-order valence-electron chi connectivity index (χ0n) is 17.0. The van der Waals surface area contributed by atoms with Crippen LogP contribution in [0.5, 0.6) is 5.75 Å². The first kappa shape index (κ1) is 20.9. The second-order valence-electron chi connectivity index (χ2n) is 7.63. The van der Waals surface area contributed by atoms with E-state index < -0.39 is 0 Å². The van der Waals surface area contributed by atoms with Crippen molar-refractivity contribution < 1.29 is 14.7 Å². The molecule has 1 heterocycles. The molecule has 6 heteroatoms. The van der Waals surface area contributed by atoms with Crippen molar-refractivity contribution in [2.75, 3.05) is 18.4 Å². The van der Waals surface area contributed by atoms with E-state index in [4.69, 9.17) is 0 Å². The highest BCUT2D eigenvalue weighted by atomic mass is 16.3. The molecule has 0 spiro atoms. The molecule has 0 unspecified atom stereocenters. The maximum Gasteiger partial charge on any atom is 0.237 e. The van der Waals surface area contributed by atoms with Crippen LogP contribution in [-0.4, -0.2) is 41.0 Å². The molecule has 6 nitrogen and oxygen atoms in total. The van der Waals surface area contributed by atoms with Crippen LogP contribution < -0.4 is 10.6 Å². The molecule has 2 atom stereocenters. The molecule has 1 aliphatic heterocycles. The van der Waals surface area contributed by atoms with Crippen molar-refractivity contribution in [3.05, 3.63) is 60.2 Å². The Hall–Kier alpha value is -2.86. The number of benzene rings is 2. The van der Waals surface area contributed by atoms with Gasteiger partial charge in [0.25, 0.3) is 0 Å². The lowest BCUT2D eigenvalue weighted by molar-refractivity contribution is -0.127. The molecule has 3 rings (SSSR count). The first-order valence-corrected chi connectivity index (χ1v) is 10.1. The Bertz CT molecular complexity index is 832. The summed E-state index contributed by atoms with van der Waals surface area (Å²) in [6.45, 7) is 5.27. The fraction of sp³-hybridized carbons (Fsp3) is 0.391. The number of nitrogens with one attached hydrogen (secondary N) is 2. The number of hydrogen-bond donors (Lipinski definition) is 3. The van der Waals surface area contributed by atoms with E-state index in [0.29, 0.717) is 31.6 Å². The van der Waals surface area contributed by atoms with E-state index in [1.165, 1.54) is 0 Å². The number of carbonyl (C=O) groups is 2. The zero-order valence-corrected chi connectivity index (χ0v) is 17.0. The smallest absolute Gasteiger partial charge is 0.237 e. The Balaban J connectivity index is 1.48. The molecule has 0 aliphatic carbocycles. The van der Waals surface area contributed by atoms with Crippen LogP contribution >= 0.6 is 0 Å². The standard InChI is InChI=1S/C23H29N3O3/c1-16(18-8-4-3-5-9-18)24-22(28)17(2)26-14-12-19(13-15-26)23(29)25-20-10-6-7-11-21(20)27/h3-11,16-17,19,27H,12-15H2,1-2H3,(H,24,28)(H,25,29)/t16-,17+/m1/s1. The monoisotopic (exact) mass is 395 g/mol. The molecule has 29 heavy (non-hydrogen) atoms. The molecule has 0 saturated carbocycles. The Morgan fingerprint density at radius 2 is 1.62 bits per heavy atom. The van der Waals surface area contributed by atoms with Gasteiger partial charge in [-0.2, -0.15) is 0 Å². The topological polar surface area (TPSA) is 81.7 Å². The zero-order chi connectivity index (χ0) is 20.8. The summed E-state index contributed by atoms with van der Waals surface area (Å²) in [5, 5.41) is 15.7. The number of aromatic hydroxyl groups is 1. The van der Waals surface area contributed by atoms with Gasteiger partial charge in [-0.05, 0) is 57.5 Å². The van der Waals surface area contributed by atoms with E-state index in [1.54, 1.807) is 24.3 Å². The number of anilines is 1. The number of para-hydroxylation sites is 2. The molecule has 0 aromatic heterocycles. The number of nitrogens with zero attached hydrogens (tertiary/aromatic N) is 1. The molecule has 3 N–H and O–H groups in total. The minimum Gasteiger partial charge on any atom is -0.506 e. The normalized spacial score (nSPS) is 17.3. The van der Waals surface area contributed by atoms with E-state index in [-0.39, 0.29) is 35.6 Å². The summed E-state index contributed by atoms with van der Waals surface area (Å²) in [7, 11) is 0. The van der Waals surface area contributed by atoms with Crippen LogP contribution in [-0.2, 0) is 9.59 Å². The molecule has 2 aromatic carbocycles. The minimum atomic E-state index is -0.247. The summed E-state index contributed by atoms with van der Waals surface area (Å²) in [5.41, 5.74) is 1.51. The van der Waals surface area contributed by atoms with Crippen molar-refractivity contribution in [2.24, 2.45) is 5.92 Å². The van der Waals surface area contributed by atoms with Crippen molar-refractivity contribution >= 4 is 17.5 Å². The summed E-state index contributed by atoms with van der Waals surface area (Å²) < 4.78 is 0. The summed E-state index contributed by atoms with van der Waals surface area (Å²) in [6, 6.07) is 16.3. The minimum absolute atomic E-state index is 0.00142. The average Bonchev–Trinajstić information content (AvgIpc) is 2.75. The van der Waals surface area contributed by atoms with Crippen LogP contribution in [0.15, 0.2) is 54.6 Å². The first-order valence-electron chi connectivity index (χ1n) is 10.1. The van der Waals surface area contributed by atoms with Gasteiger partial charge in [-0.15, -0.1) is 0 Å². The van der Waals surface area contributed by atoms with Gasteiger partial charge in [-0.25, -0.2) is 0 Å². The lowest BCUT2D eigenvalue weighted by atomic mass is 9.94. The van der Waals surface area contributed by atoms with Crippen LogP contribution in [0.25, 0.3) is 0 Å². The van der Waals surface area contributed by atoms with Crippen LogP contribution in [0.1, 0.15) is 38.3 Å². The Labute approximate surface area is 171 Å². The summed E-state index contributed by atoms with van der Waals surface area (Å²) >= 11 is 0. The van der Waals surface area contributed by atoms with Gasteiger partial charge in [-0.3, -0.25) is 14.5 Å². The van der Waals surface area contributed by atoms with Gasteiger partial charge < -0.3 is 15.7 Å². The molecule has 0 bridgehead atoms. The molecule has 0 radical (unpaired) electrons. The van der Waals surface area contributed by atoms with Crippen LogP contribution in [0.4, 0.5) is 5.69 Å². The van der Waals surface area contributed by atoms with Crippen molar-refractivity contribution in [1.82, 2.24) is 10.2 Å². The highest BCUT2D eigenvalue weighted by molar-refractivity contribution is 5.94. The quantitative estimate of drug-likeness (QED) is 0.656. The fourth-order valence-corrected chi connectivity index (χ4v) is 3.69. The molecule has 2 amide bonds. The number of phenolic OH excluding ortho intramolecular Hbond substituents is 1. The third-order valence-corrected chi connectivity index (χ3v) is 5.65. The second kappa shape index (κ2) is 9.56. The van der Waals surface area contributed by atoms with Gasteiger partial charge >= 0.3 is 0 Å².